The van der Waals surface area contributed by atoms with Crippen molar-refractivity contribution < 1.29 is 14.4 Å². The standard InChI is InChI=1S/C25H54N.C7H14O2S/c1-5-8-11-14-17-20-23-26(4,24-21-18-15-12-9-6-2)25-22-19-16-13-10-7-3;1-2-3-4-5-10-6-7(8)9/h5-25H2,1-4H3;2-6H2,1H3,(H,8,9)/q+1;/p-1. The van der Waals surface area contributed by atoms with Gasteiger partial charge in [-0.2, -0.15) is 11.8 Å². The van der Waals surface area contributed by atoms with Crippen molar-refractivity contribution in [1.82, 2.24) is 0 Å². The van der Waals surface area contributed by atoms with Crippen LogP contribution in [0, 0.1) is 0 Å². The smallest absolute Gasteiger partial charge is 0.0784 e. The molecule has 0 radical (unpaired) electrons. The molecule has 0 aliphatic carbocycles. The number of aliphatic carboxylic acids is 1. The number of carbonyl (C=O) groups is 1. The fourth-order valence-electron chi connectivity index (χ4n) is 4.77. The number of unbranched alkanes of at least 4 members (excludes halogenated alkanes) is 17. The van der Waals surface area contributed by atoms with Crippen LogP contribution < -0.4 is 5.11 Å². The zero-order chi connectivity index (χ0) is 27.2. The van der Waals surface area contributed by atoms with E-state index in [9.17, 15) is 9.90 Å². The first-order valence-electron chi connectivity index (χ1n) is 16.1. The van der Waals surface area contributed by atoms with Gasteiger partial charge in [0.05, 0.1) is 32.7 Å². The highest BCUT2D eigenvalue weighted by Crippen LogP contribution is 2.16. The molecule has 0 saturated carbocycles. The minimum absolute atomic E-state index is 0.143. The molecule has 0 unspecified atom stereocenters. The summed E-state index contributed by atoms with van der Waals surface area (Å²) in [6.45, 7) is 13.4. The molecule has 0 aromatic heterocycles. The normalized spacial score (nSPS) is 11.4. The van der Waals surface area contributed by atoms with Crippen LogP contribution >= 0.6 is 11.8 Å². The van der Waals surface area contributed by atoms with Crippen molar-refractivity contribution in [1.29, 1.82) is 0 Å². The van der Waals surface area contributed by atoms with Crippen LogP contribution in [0.2, 0.25) is 0 Å². The van der Waals surface area contributed by atoms with Gasteiger partial charge < -0.3 is 14.4 Å². The fourth-order valence-corrected chi connectivity index (χ4v) is 5.49. The molecule has 218 valence electrons. The van der Waals surface area contributed by atoms with Crippen LogP contribution in [-0.2, 0) is 4.79 Å². The van der Waals surface area contributed by atoms with E-state index < -0.39 is 5.97 Å². The molecular weight excluding hydrogens is 462 g/mol. The Morgan fingerprint density at radius 3 is 1.17 bits per heavy atom. The van der Waals surface area contributed by atoms with Gasteiger partial charge in [0.1, 0.15) is 0 Å². The number of hydrogen-bond acceptors (Lipinski definition) is 3. The Bertz CT molecular complexity index is 390. The molecule has 0 aromatic rings. The van der Waals surface area contributed by atoms with Gasteiger partial charge in [-0.25, -0.2) is 0 Å². The summed E-state index contributed by atoms with van der Waals surface area (Å²) in [4.78, 5) is 9.90. The van der Waals surface area contributed by atoms with Crippen molar-refractivity contribution in [2.24, 2.45) is 0 Å². The Morgan fingerprint density at radius 1 is 0.528 bits per heavy atom. The second kappa shape index (κ2) is 31.0. The summed E-state index contributed by atoms with van der Waals surface area (Å²) in [5.74, 6) is 0.132. The molecular formula is C32H67NO2S. The van der Waals surface area contributed by atoms with Gasteiger partial charge in [0.2, 0.25) is 0 Å². The number of carboxylic acid groups (broad SMARTS) is 1. The van der Waals surface area contributed by atoms with Crippen molar-refractivity contribution in [3.8, 4) is 0 Å². The first-order valence-corrected chi connectivity index (χ1v) is 17.2. The summed E-state index contributed by atoms with van der Waals surface area (Å²) in [5.41, 5.74) is 0. The molecule has 0 aliphatic rings. The molecule has 0 amide bonds. The largest absolute Gasteiger partial charge is 0.549 e. The van der Waals surface area contributed by atoms with Crippen LogP contribution in [0.25, 0.3) is 0 Å². The summed E-state index contributed by atoms with van der Waals surface area (Å²) in [7, 11) is 2.56. The van der Waals surface area contributed by atoms with Gasteiger partial charge in [0, 0.05) is 5.75 Å². The van der Waals surface area contributed by atoms with E-state index in [1.807, 2.05) is 0 Å². The van der Waals surface area contributed by atoms with Crippen LogP contribution in [0.4, 0.5) is 0 Å². The predicted octanol–water partition coefficient (Wildman–Crippen LogP) is 9.17. The molecule has 0 spiro atoms. The maximum absolute atomic E-state index is 9.90. The Labute approximate surface area is 232 Å². The van der Waals surface area contributed by atoms with Crippen molar-refractivity contribution >= 4 is 17.7 Å². The van der Waals surface area contributed by atoms with Gasteiger partial charge in [-0.1, -0.05) is 118 Å². The first kappa shape index (κ1) is 37.9. The monoisotopic (exact) mass is 529 g/mol. The highest BCUT2D eigenvalue weighted by atomic mass is 32.2. The van der Waals surface area contributed by atoms with E-state index in [2.05, 4.69) is 34.7 Å². The van der Waals surface area contributed by atoms with Gasteiger partial charge in [-0.3, -0.25) is 0 Å². The van der Waals surface area contributed by atoms with Gasteiger partial charge in [-0.05, 0) is 50.7 Å². The lowest BCUT2D eigenvalue weighted by molar-refractivity contribution is -0.910. The SMILES string of the molecule is CCCCCCCC[N+](C)(CCCCCCCC)CCCCCCCC.CCCCCSCC(=O)[O-]. The van der Waals surface area contributed by atoms with Crippen molar-refractivity contribution in [3.05, 3.63) is 0 Å². The molecule has 4 heteroatoms. The number of hydrogen-bond donors (Lipinski definition) is 0. The van der Waals surface area contributed by atoms with E-state index in [4.69, 9.17) is 0 Å². The Morgan fingerprint density at radius 2 is 0.833 bits per heavy atom. The lowest BCUT2D eigenvalue weighted by Crippen LogP contribution is -2.46. The first-order chi connectivity index (χ1) is 17.5. The highest BCUT2D eigenvalue weighted by Gasteiger charge is 2.20. The van der Waals surface area contributed by atoms with Crippen molar-refractivity contribution in [2.45, 2.75) is 163 Å². The number of rotatable bonds is 27. The minimum Gasteiger partial charge on any atom is -0.549 e. The zero-order valence-corrected chi connectivity index (χ0v) is 26.4. The zero-order valence-electron chi connectivity index (χ0n) is 25.6. The van der Waals surface area contributed by atoms with Crippen LogP contribution in [-0.4, -0.2) is 48.6 Å². The highest BCUT2D eigenvalue weighted by molar-refractivity contribution is 7.99. The quantitative estimate of drug-likeness (QED) is 0.0786. The van der Waals surface area contributed by atoms with E-state index >= 15 is 0 Å². The molecule has 3 nitrogen and oxygen atoms in total. The molecule has 0 heterocycles. The molecule has 0 rings (SSSR count). The third-order valence-electron chi connectivity index (χ3n) is 7.27. The number of carboxylic acids is 1. The van der Waals surface area contributed by atoms with Crippen LogP contribution in [0.3, 0.4) is 0 Å². The van der Waals surface area contributed by atoms with Crippen LogP contribution in [0.15, 0.2) is 0 Å². The average molecular weight is 530 g/mol. The van der Waals surface area contributed by atoms with E-state index in [0.29, 0.717) is 0 Å². The van der Waals surface area contributed by atoms with E-state index in [0.717, 1.165) is 12.2 Å². The van der Waals surface area contributed by atoms with Gasteiger partial charge in [-0.15, -0.1) is 0 Å². The molecule has 0 aromatic carbocycles. The summed E-state index contributed by atoms with van der Waals surface area (Å²) >= 11 is 1.44. The molecule has 0 aliphatic heterocycles. The van der Waals surface area contributed by atoms with E-state index in [1.54, 1.807) is 0 Å². The van der Waals surface area contributed by atoms with Gasteiger partial charge in [0.15, 0.2) is 0 Å². The van der Waals surface area contributed by atoms with Crippen LogP contribution in [0.5, 0.6) is 0 Å². The molecule has 0 N–H and O–H groups in total. The maximum atomic E-state index is 9.90. The summed E-state index contributed by atoms with van der Waals surface area (Å²) < 4.78 is 1.36. The molecule has 0 bridgehead atoms. The Kier molecular flexibility index (Phi) is 32.7. The number of thioether (sulfide) groups is 1. The molecule has 36 heavy (non-hydrogen) atoms. The third-order valence-corrected chi connectivity index (χ3v) is 8.28. The Balaban J connectivity index is 0. The van der Waals surface area contributed by atoms with Crippen LogP contribution in [0.1, 0.15) is 163 Å². The topological polar surface area (TPSA) is 40.1 Å². The number of nitrogens with zero attached hydrogens (tertiary/aromatic N) is 1. The number of carbonyl (C=O) groups excluding carboxylic acids is 1. The lowest BCUT2D eigenvalue weighted by Gasteiger charge is -2.35. The minimum atomic E-state index is -0.957. The second-order valence-electron chi connectivity index (χ2n) is 11.2. The third kappa shape index (κ3) is 31.8. The number of quaternary nitrogens is 1. The predicted molar refractivity (Wildman–Crippen MR) is 163 cm³/mol. The van der Waals surface area contributed by atoms with Crippen molar-refractivity contribution in [2.75, 3.05) is 38.2 Å². The van der Waals surface area contributed by atoms with Crippen molar-refractivity contribution in [3.63, 3.8) is 0 Å². The molecule has 0 fully saturated rings. The average Bonchev–Trinajstić information content (AvgIpc) is 2.86. The molecule has 0 saturated heterocycles. The van der Waals surface area contributed by atoms with E-state index in [-0.39, 0.29) is 5.75 Å². The summed E-state index contributed by atoms with van der Waals surface area (Å²) in [6.07, 6.45) is 29.4. The van der Waals surface area contributed by atoms with Gasteiger partial charge >= 0.3 is 0 Å². The second-order valence-corrected chi connectivity index (χ2v) is 12.3. The summed E-state index contributed by atoms with van der Waals surface area (Å²) in [5, 5.41) is 9.90. The molecule has 0 atom stereocenters. The fraction of sp³-hybridized carbons (Fsp3) is 0.969. The lowest BCUT2D eigenvalue weighted by atomic mass is 10.1. The van der Waals surface area contributed by atoms with Gasteiger partial charge in [0.25, 0.3) is 0 Å². The van der Waals surface area contributed by atoms with E-state index in [1.165, 1.54) is 164 Å². The summed E-state index contributed by atoms with van der Waals surface area (Å²) in [6, 6.07) is 0. The maximum Gasteiger partial charge on any atom is 0.0784 e. The Hall–Kier alpha value is -0.220.